The number of alkyl halides is 3. The zero-order valence-electron chi connectivity index (χ0n) is 15.9. The number of hydrogen-bond acceptors (Lipinski definition) is 5. The summed E-state index contributed by atoms with van der Waals surface area (Å²) in [6.45, 7) is 6.16. The van der Waals surface area contributed by atoms with Gasteiger partial charge in [-0.25, -0.2) is 4.98 Å². The van der Waals surface area contributed by atoms with Crippen LogP contribution in [0, 0.1) is 0 Å². The Kier molecular flexibility index (Phi) is 6.87. The van der Waals surface area contributed by atoms with Gasteiger partial charge in [0.05, 0.1) is 12.7 Å². The Morgan fingerprint density at radius 3 is 2.37 bits per heavy atom. The number of nitrogens with zero attached hydrogens (tertiary/aromatic N) is 3. The van der Waals surface area contributed by atoms with Crippen LogP contribution < -0.4 is 14.4 Å². The Balaban J connectivity index is 2.30. The average Bonchev–Trinajstić information content (AvgIpc) is 2.65. The molecule has 148 valence electrons. The minimum Gasteiger partial charge on any atom is -0.494 e. The van der Waals surface area contributed by atoms with Gasteiger partial charge in [0.25, 0.3) is 0 Å². The molecule has 0 aliphatic carbocycles. The molecule has 0 amide bonds. The second-order valence-corrected chi connectivity index (χ2v) is 6.12. The van der Waals surface area contributed by atoms with Gasteiger partial charge < -0.3 is 14.4 Å². The molecule has 0 saturated carbocycles. The molecule has 1 unspecified atom stereocenters. The zero-order chi connectivity index (χ0) is 20.0. The molecular weight excluding hydrogens is 359 g/mol. The van der Waals surface area contributed by atoms with E-state index in [9.17, 15) is 13.2 Å². The summed E-state index contributed by atoms with van der Waals surface area (Å²) in [6.07, 6.45) is -2.76. The molecule has 1 heterocycles. The Hall–Kier alpha value is -2.51. The van der Waals surface area contributed by atoms with Crippen LogP contribution in [0.5, 0.6) is 11.6 Å². The molecule has 0 fully saturated rings. The lowest BCUT2D eigenvalue weighted by Gasteiger charge is -2.21. The van der Waals surface area contributed by atoms with Crippen molar-refractivity contribution in [1.29, 1.82) is 0 Å². The summed E-state index contributed by atoms with van der Waals surface area (Å²) in [4.78, 5) is 9.48. The maximum absolute atomic E-state index is 13.2. The first-order valence-corrected chi connectivity index (χ1v) is 8.83. The van der Waals surface area contributed by atoms with E-state index in [1.54, 1.807) is 43.1 Å². The second kappa shape index (κ2) is 8.92. The van der Waals surface area contributed by atoms with E-state index in [0.717, 1.165) is 18.4 Å². The number of rotatable bonds is 8. The molecule has 0 saturated heterocycles. The fourth-order valence-electron chi connectivity index (χ4n) is 2.18. The van der Waals surface area contributed by atoms with E-state index in [1.807, 2.05) is 13.8 Å². The van der Waals surface area contributed by atoms with Crippen LogP contribution in [0.3, 0.4) is 0 Å². The van der Waals surface area contributed by atoms with Crippen LogP contribution in [-0.4, -0.2) is 29.7 Å². The summed E-state index contributed by atoms with van der Waals surface area (Å²) >= 11 is 0. The van der Waals surface area contributed by atoms with Gasteiger partial charge in [0.2, 0.25) is 11.8 Å². The molecule has 0 radical (unpaired) electrons. The highest BCUT2D eigenvalue weighted by Crippen LogP contribution is 2.36. The van der Waals surface area contributed by atoms with E-state index in [2.05, 4.69) is 9.97 Å². The zero-order valence-corrected chi connectivity index (χ0v) is 15.9. The van der Waals surface area contributed by atoms with Crippen LogP contribution in [0.2, 0.25) is 0 Å². The van der Waals surface area contributed by atoms with E-state index in [0.29, 0.717) is 18.7 Å². The normalized spacial score (nSPS) is 12.6. The highest BCUT2D eigenvalue weighted by Gasteiger charge is 2.37. The molecule has 27 heavy (non-hydrogen) atoms. The first-order valence-electron chi connectivity index (χ1n) is 8.83. The predicted molar refractivity (Wildman–Crippen MR) is 97.7 cm³/mol. The van der Waals surface area contributed by atoms with E-state index >= 15 is 0 Å². The molecule has 8 heteroatoms. The van der Waals surface area contributed by atoms with E-state index < -0.39 is 23.7 Å². The van der Waals surface area contributed by atoms with Gasteiger partial charge in [-0.05, 0) is 44.0 Å². The van der Waals surface area contributed by atoms with Crippen LogP contribution in [0.1, 0.15) is 39.2 Å². The molecule has 0 spiro atoms. The minimum absolute atomic E-state index is 0.114. The Morgan fingerprint density at radius 2 is 1.81 bits per heavy atom. The van der Waals surface area contributed by atoms with Crippen LogP contribution in [0.15, 0.2) is 30.5 Å². The van der Waals surface area contributed by atoms with Crippen molar-refractivity contribution in [2.75, 3.05) is 18.6 Å². The van der Waals surface area contributed by atoms with E-state index in [4.69, 9.17) is 9.47 Å². The topological polar surface area (TPSA) is 47.5 Å². The number of ether oxygens (including phenoxy) is 2. The summed E-state index contributed by atoms with van der Waals surface area (Å²) in [5, 5.41) is 0. The van der Waals surface area contributed by atoms with Crippen LogP contribution >= 0.6 is 0 Å². The van der Waals surface area contributed by atoms with Crippen molar-refractivity contribution < 1.29 is 22.6 Å². The number of hydrogen-bond donors (Lipinski definition) is 0. The predicted octanol–water partition coefficient (Wildman–Crippen LogP) is 5.23. The van der Waals surface area contributed by atoms with Crippen molar-refractivity contribution in [1.82, 2.24) is 9.97 Å². The van der Waals surface area contributed by atoms with Crippen molar-refractivity contribution in [2.45, 2.75) is 45.9 Å². The fraction of sp³-hybridized carbons (Fsp3) is 0.474. The summed E-state index contributed by atoms with van der Waals surface area (Å²) in [6, 6.07) is 7.17. The molecule has 2 aromatic rings. The second-order valence-electron chi connectivity index (χ2n) is 6.12. The Morgan fingerprint density at radius 1 is 1.15 bits per heavy atom. The molecule has 0 bridgehead atoms. The molecule has 5 nitrogen and oxygen atoms in total. The number of benzene rings is 1. The summed E-state index contributed by atoms with van der Waals surface area (Å²) in [7, 11) is 1.68. The van der Waals surface area contributed by atoms with Gasteiger partial charge in [0, 0.05) is 18.9 Å². The minimum atomic E-state index is -4.59. The lowest BCUT2D eigenvalue weighted by molar-refractivity contribution is -0.139. The van der Waals surface area contributed by atoms with Gasteiger partial charge >= 0.3 is 6.18 Å². The third-order valence-electron chi connectivity index (χ3n) is 3.93. The van der Waals surface area contributed by atoms with Crippen LogP contribution in [0.4, 0.5) is 24.8 Å². The monoisotopic (exact) mass is 383 g/mol. The Bertz CT molecular complexity index is 736. The third-order valence-corrected chi connectivity index (χ3v) is 3.93. The number of aromatic nitrogens is 2. The largest absolute Gasteiger partial charge is 0.494 e. The molecular formula is C19H24F3N3O2. The first-order chi connectivity index (χ1) is 12.8. The fourth-order valence-corrected chi connectivity index (χ4v) is 2.18. The van der Waals surface area contributed by atoms with Gasteiger partial charge in [-0.1, -0.05) is 13.8 Å². The lowest BCUT2D eigenvalue weighted by atomic mass is 10.2. The maximum Gasteiger partial charge on any atom is 0.423 e. The van der Waals surface area contributed by atoms with Crippen LogP contribution in [0.25, 0.3) is 0 Å². The molecule has 2 rings (SSSR count). The molecule has 0 aliphatic heterocycles. The van der Waals surface area contributed by atoms with Gasteiger partial charge in [-0.15, -0.1) is 0 Å². The van der Waals surface area contributed by atoms with Crippen molar-refractivity contribution in [3.63, 3.8) is 0 Å². The van der Waals surface area contributed by atoms with Gasteiger partial charge in [0.15, 0.2) is 0 Å². The van der Waals surface area contributed by atoms with Crippen molar-refractivity contribution in [2.24, 2.45) is 0 Å². The van der Waals surface area contributed by atoms with Crippen molar-refractivity contribution in [3.05, 3.63) is 36.0 Å². The number of anilines is 2. The summed E-state index contributed by atoms with van der Waals surface area (Å²) in [5.41, 5.74) is -0.267. The highest BCUT2D eigenvalue weighted by atomic mass is 19.4. The molecule has 0 N–H and O–H groups in total. The highest BCUT2D eigenvalue weighted by molar-refractivity contribution is 5.58. The first kappa shape index (κ1) is 20.8. The third kappa shape index (κ3) is 5.48. The average molecular weight is 383 g/mol. The Labute approximate surface area is 157 Å². The summed E-state index contributed by atoms with van der Waals surface area (Å²) in [5.74, 6) is 0.378. The molecule has 1 aromatic carbocycles. The SMILES string of the molecule is CCCOc1ccc(N(C)c2ncc(C(F)(F)F)c(OC(C)CC)n2)cc1. The van der Waals surface area contributed by atoms with E-state index in [1.165, 1.54) is 0 Å². The number of halogens is 3. The maximum atomic E-state index is 13.2. The summed E-state index contributed by atoms with van der Waals surface area (Å²) < 4.78 is 50.6. The van der Waals surface area contributed by atoms with Crippen molar-refractivity contribution in [3.8, 4) is 11.6 Å². The molecule has 1 atom stereocenters. The molecule has 1 aromatic heterocycles. The van der Waals surface area contributed by atoms with Gasteiger partial charge in [0.1, 0.15) is 11.3 Å². The molecule has 0 aliphatic rings. The standard InChI is InChI=1S/C19H24F3N3O2/c1-5-11-26-15-9-7-14(8-10-15)25(4)18-23-12-16(19(20,21)22)17(24-18)27-13(3)6-2/h7-10,12-13H,5-6,11H2,1-4H3. The van der Waals surface area contributed by atoms with Gasteiger partial charge in [-0.2, -0.15) is 18.2 Å². The van der Waals surface area contributed by atoms with Gasteiger partial charge in [-0.3, -0.25) is 0 Å². The smallest absolute Gasteiger partial charge is 0.423 e. The van der Waals surface area contributed by atoms with E-state index in [-0.39, 0.29) is 5.95 Å². The lowest BCUT2D eigenvalue weighted by Crippen LogP contribution is -2.19. The quantitative estimate of drug-likeness (QED) is 0.625. The van der Waals surface area contributed by atoms with Crippen molar-refractivity contribution >= 4 is 11.6 Å². The van der Waals surface area contributed by atoms with Crippen LogP contribution in [-0.2, 0) is 6.18 Å².